The quantitative estimate of drug-likeness (QED) is 0.743. The lowest BCUT2D eigenvalue weighted by Gasteiger charge is -2.31. The highest BCUT2D eigenvalue weighted by Crippen LogP contribution is 2.14. The summed E-state index contributed by atoms with van der Waals surface area (Å²) in [5.41, 5.74) is 0. The number of carboxylic acid groups (broad SMARTS) is 1. The Hall–Kier alpha value is -1.34. The minimum atomic E-state index is -1.03. The molecule has 1 N–H and O–H groups in total. The summed E-state index contributed by atoms with van der Waals surface area (Å²) in [5, 5.41) is 8.86. The summed E-state index contributed by atoms with van der Waals surface area (Å²) in [6.07, 6.45) is 3.16. The van der Waals surface area contributed by atoms with Gasteiger partial charge in [-0.05, 0) is 19.3 Å². The van der Waals surface area contributed by atoms with Crippen LogP contribution in [0.1, 0.15) is 19.3 Å². The average molecular weight is 288 g/mol. The molecule has 0 aromatic rings. The fraction of sp³-hybridized carbons (Fsp3) is 0.846. The average Bonchev–Trinajstić information content (AvgIpc) is 2.43. The van der Waals surface area contributed by atoms with Gasteiger partial charge >= 0.3 is 12.0 Å². The molecule has 1 rings (SSSR count). The highest BCUT2D eigenvalue weighted by molar-refractivity contribution is 5.80. The van der Waals surface area contributed by atoms with E-state index in [-0.39, 0.29) is 25.2 Å². The Labute approximate surface area is 119 Å². The van der Waals surface area contributed by atoms with Crippen molar-refractivity contribution >= 4 is 12.0 Å². The Balaban J connectivity index is 2.50. The molecule has 0 radical (unpaired) electrons. The van der Waals surface area contributed by atoms with E-state index in [2.05, 4.69) is 0 Å². The van der Waals surface area contributed by atoms with Crippen molar-refractivity contribution in [3.8, 4) is 0 Å². The SMILES string of the molecule is COCCN(CC(=O)O)C(=O)N(C)CC1CCCCO1. The number of carbonyl (C=O) groups excluding carboxylic acids is 1. The van der Waals surface area contributed by atoms with Crippen LogP contribution in [0.5, 0.6) is 0 Å². The zero-order chi connectivity index (χ0) is 15.0. The van der Waals surface area contributed by atoms with Crippen molar-refractivity contribution in [1.29, 1.82) is 0 Å². The van der Waals surface area contributed by atoms with Gasteiger partial charge in [0.1, 0.15) is 6.54 Å². The molecule has 1 atom stereocenters. The third-order valence-corrected chi connectivity index (χ3v) is 3.24. The first-order valence-electron chi connectivity index (χ1n) is 6.87. The van der Waals surface area contributed by atoms with Crippen LogP contribution in [0.2, 0.25) is 0 Å². The van der Waals surface area contributed by atoms with Gasteiger partial charge in [0.15, 0.2) is 0 Å². The van der Waals surface area contributed by atoms with Crippen LogP contribution in [0.4, 0.5) is 4.79 Å². The highest BCUT2D eigenvalue weighted by atomic mass is 16.5. The number of hydrogen-bond donors (Lipinski definition) is 1. The number of urea groups is 1. The number of amides is 2. The number of aliphatic carboxylic acids is 1. The second-order valence-corrected chi connectivity index (χ2v) is 4.96. The number of nitrogens with zero attached hydrogens (tertiary/aromatic N) is 2. The summed E-state index contributed by atoms with van der Waals surface area (Å²) in [6.45, 7) is 1.47. The topological polar surface area (TPSA) is 79.3 Å². The van der Waals surface area contributed by atoms with Crippen molar-refractivity contribution < 1.29 is 24.2 Å². The summed E-state index contributed by atoms with van der Waals surface area (Å²) in [6, 6.07) is -0.307. The molecule has 0 saturated carbocycles. The molecule has 7 nitrogen and oxygen atoms in total. The first kappa shape index (κ1) is 16.7. The summed E-state index contributed by atoms with van der Waals surface area (Å²) in [4.78, 5) is 25.8. The molecular weight excluding hydrogens is 264 g/mol. The van der Waals surface area contributed by atoms with E-state index in [9.17, 15) is 9.59 Å². The molecule has 1 unspecified atom stereocenters. The molecule has 0 aliphatic carbocycles. The number of carbonyl (C=O) groups is 2. The fourth-order valence-electron chi connectivity index (χ4n) is 2.18. The lowest BCUT2D eigenvalue weighted by molar-refractivity contribution is -0.137. The second-order valence-electron chi connectivity index (χ2n) is 4.96. The van der Waals surface area contributed by atoms with Gasteiger partial charge in [0.25, 0.3) is 0 Å². The van der Waals surface area contributed by atoms with Crippen molar-refractivity contribution in [2.45, 2.75) is 25.4 Å². The van der Waals surface area contributed by atoms with Crippen LogP contribution in [0.25, 0.3) is 0 Å². The Morgan fingerprint density at radius 1 is 1.40 bits per heavy atom. The minimum Gasteiger partial charge on any atom is -0.480 e. The predicted octanol–water partition coefficient (Wildman–Crippen LogP) is 0.640. The molecule has 20 heavy (non-hydrogen) atoms. The van der Waals surface area contributed by atoms with E-state index < -0.39 is 5.97 Å². The van der Waals surface area contributed by atoms with Gasteiger partial charge in [0.05, 0.1) is 12.7 Å². The Bertz CT molecular complexity index is 318. The van der Waals surface area contributed by atoms with Crippen molar-refractivity contribution in [2.75, 3.05) is 47.0 Å². The van der Waals surface area contributed by atoms with Crippen LogP contribution in [0.3, 0.4) is 0 Å². The number of carboxylic acids is 1. The van der Waals surface area contributed by atoms with E-state index in [0.29, 0.717) is 13.2 Å². The molecular formula is C13H24N2O5. The Morgan fingerprint density at radius 3 is 2.70 bits per heavy atom. The first-order chi connectivity index (χ1) is 9.54. The molecule has 0 aromatic carbocycles. The van der Waals surface area contributed by atoms with Gasteiger partial charge < -0.3 is 24.4 Å². The van der Waals surface area contributed by atoms with Crippen LogP contribution >= 0.6 is 0 Å². The van der Waals surface area contributed by atoms with Crippen molar-refractivity contribution in [3.05, 3.63) is 0 Å². The molecule has 2 amide bonds. The number of likely N-dealkylation sites (N-methyl/N-ethyl adjacent to an activating group) is 1. The lowest BCUT2D eigenvalue weighted by Crippen LogP contribution is -2.47. The van der Waals surface area contributed by atoms with E-state index >= 15 is 0 Å². The van der Waals surface area contributed by atoms with Crippen LogP contribution < -0.4 is 0 Å². The minimum absolute atomic E-state index is 0.0480. The monoisotopic (exact) mass is 288 g/mol. The van der Waals surface area contributed by atoms with Gasteiger partial charge in [-0.3, -0.25) is 4.79 Å². The second kappa shape index (κ2) is 8.76. The smallest absolute Gasteiger partial charge is 0.323 e. The van der Waals surface area contributed by atoms with Crippen molar-refractivity contribution in [2.24, 2.45) is 0 Å². The van der Waals surface area contributed by atoms with Gasteiger partial charge in [0, 0.05) is 33.9 Å². The maximum Gasteiger partial charge on any atom is 0.323 e. The van der Waals surface area contributed by atoms with Crippen LogP contribution in [-0.4, -0.2) is 80.0 Å². The summed E-state index contributed by atoms with van der Waals surface area (Å²) < 4.78 is 10.5. The van der Waals surface area contributed by atoms with Crippen LogP contribution in [0, 0.1) is 0 Å². The molecule has 1 heterocycles. The first-order valence-corrected chi connectivity index (χ1v) is 6.87. The zero-order valence-corrected chi connectivity index (χ0v) is 12.2. The molecule has 7 heteroatoms. The Morgan fingerprint density at radius 2 is 2.15 bits per heavy atom. The summed E-state index contributed by atoms with van der Waals surface area (Å²) in [7, 11) is 3.19. The molecule has 1 aliphatic heterocycles. The maximum absolute atomic E-state index is 12.2. The molecule has 0 aromatic heterocycles. The van der Waals surface area contributed by atoms with E-state index in [1.165, 1.54) is 16.9 Å². The highest BCUT2D eigenvalue weighted by Gasteiger charge is 2.23. The molecule has 1 saturated heterocycles. The van der Waals surface area contributed by atoms with Crippen molar-refractivity contribution in [3.63, 3.8) is 0 Å². The lowest BCUT2D eigenvalue weighted by atomic mass is 10.1. The third-order valence-electron chi connectivity index (χ3n) is 3.24. The van der Waals surface area contributed by atoms with Gasteiger partial charge in [-0.2, -0.15) is 0 Å². The molecule has 0 bridgehead atoms. The largest absolute Gasteiger partial charge is 0.480 e. The predicted molar refractivity (Wildman–Crippen MR) is 72.7 cm³/mol. The van der Waals surface area contributed by atoms with E-state index in [0.717, 1.165) is 25.9 Å². The van der Waals surface area contributed by atoms with Crippen LogP contribution in [0.15, 0.2) is 0 Å². The van der Waals surface area contributed by atoms with Crippen LogP contribution in [-0.2, 0) is 14.3 Å². The molecule has 0 spiro atoms. The maximum atomic E-state index is 12.2. The standard InChI is InChI=1S/C13H24N2O5/c1-14(9-11-5-3-4-7-20-11)13(18)15(6-8-19-2)10-12(16)17/h11H,3-10H2,1-2H3,(H,16,17). The number of hydrogen-bond acceptors (Lipinski definition) is 4. The van der Waals surface area contributed by atoms with E-state index in [1.807, 2.05) is 0 Å². The van der Waals surface area contributed by atoms with Crippen molar-refractivity contribution in [1.82, 2.24) is 9.80 Å². The van der Waals surface area contributed by atoms with Gasteiger partial charge in [-0.15, -0.1) is 0 Å². The summed E-state index contributed by atoms with van der Waals surface area (Å²) in [5.74, 6) is -1.03. The molecule has 1 fully saturated rings. The molecule has 1 aliphatic rings. The van der Waals surface area contributed by atoms with Gasteiger partial charge in [0.2, 0.25) is 0 Å². The van der Waals surface area contributed by atoms with E-state index in [4.69, 9.17) is 14.6 Å². The third kappa shape index (κ3) is 5.75. The number of methoxy groups -OCH3 is 1. The Kier molecular flexibility index (Phi) is 7.32. The summed E-state index contributed by atoms with van der Waals surface area (Å²) >= 11 is 0. The fourth-order valence-corrected chi connectivity index (χ4v) is 2.18. The van der Waals surface area contributed by atoms with Gasteiger partial charge in [-0.1, -0.05) is 0 Å². The normalized spacial score (nSPS) is 18.6. The number of ether oxygens (including phenoxy) is 2. The zero-order valence-electron chi connectivity index (χ0n) is 12.2. The molecule has 116 valence electrons. The van der Waals surface area contributed by atoms with E-state index in [1.54, 1.807) is 7.05 Å². The van der Waals surface area contributed by atoms with Gasteiger partial charge in [-0.25, -0.2) is 4.79 Å². The number of rotatable bonds is 7.